The predicted octanol–water partition coefficient (Wildman–Crippen LogP) is 1.41. The topological polar surface area (TPSA) is 56.5 Å². The lowest BCUT2D eigenvalue weighted by atomic mass is 10.2. The van der Waals surface area contributed by atoms with E-state index < -0.39 is 6.10 Å². The summed E-state index contributed by atoms with van der Waals surface area (Å²) in [4.78, 5) is 1.89. The highest BCUT2D eigenvalue weighted by Crippen LogP contribution is 2.32. The molecule has 0 bridgehead atoms. The Morgan fingerprint density at radius 1 is 1.53 bits per heavy atom. The summed E-state index contributed by atoms with van der Waals surface area (Å²) in [6, 6.07) is 7.31. The van der Waals surface area contributed by atoms with Crippen molar-refractivity contribution in [3.8, 4) is 6.07 Å². The normalized spacial score (nSPS) is 23.8. The van der Waals surface area contributed by atoms with Crippen molar-refractivity contribution in [2.45, 2.75) is 12.2 Å². The first-order valence-corrected chi connectivity index (χ1v) is 5.69. The molecule has 0 unspecified atom stereocenters. The number of β-amino-alcohol motifs (C(OH)–C–C–N with tert-alkyl or cyclic N) is 1. The molecule has 90 valence electrons. The van der Waals surface area contributed by atoms with Gasteiger partial charge in [-0.15, -0.1) is 0 Å². The highest BCUT2D eigenvalue weighted by molar-refractivity contribution is 6.33. The fraction of sp³-hybridized carbons (Fsp3) is 0.417. The molecule has 2 atom stereocenters. The molecule has 4 nitrogen and oxygen atoms in total. The maximum Gasteiger partial charge on any atom is 0.102 e. The van der Waals surface area contributed by atoms with Crippen LogP contribution in [0, 0.1) is 11.3 Å². The molecule has 0 radical (unpaired) electrons. The van der Waals surface area contributed by atoms with E-state index in [1.165, 1.54) is 0 Å². The number of aliphatic hydroxyl groups is 1. The molecule has 1 saturated heterocycles. The molecule has 0 saturated carbocycles. The minimum Gasteiger partial charge on any atom is -0.388 e. The first-order valence-electron chi connectivity index (χ1n) is 5.31. The van der Waals surface area contributed by atoms with E-state index >= 15 is 0 Å². The van der Waals surface area contributed by atoms with Gasteiger partial charge in [0.2, 0.25) is 0 Å². The average Bonchev–Trinajstić information content (AvgIpc) is 2.69. The van der Waals surface area contributed by atoms with Gasteiger partial charge >= 0.3 is 0 Å². The van der Waals surface area contributed by atoms with Gasteiger partial charge in [0.15, 0.2) is 0 Å². The van der Waals surface area contributed by atoms with Crippen molar-refractivity contribution in [3.05, 3.63) is 28.8 Å². The molecule has 17 heavy (non-hydrogen) atoms. The zero-order valence-corrected chi connectivity index (χ0v) is 10.2. The lowest BCUT2D eigenvalue weighted by molar-refractivity contribution is 0.0217. The van der Waals surface area contributed by atoms with Gasteiger partial charge in [0, 0.05) is 20.2 Å². The van der Waals surface area contributed by atoms with Crippen molar-refractivity contribution in [2.24, 2.45) is 0 Å². The Hall–Kier alpha value is -1.28. The Bertz CT molecular complexity index is 458. The van der Waals surface area contributed by atoms with Crippen LogP contribution in [0.1, 0.15) is 5.56 Å². The maximum atomic E-state index is 9.78. The quantitative estimate of drug-likeness (QED) is 0.865. The molecule has 0 aliphatic carbocycles. The largest absolute Gasteiger partial charge is 0.388 e. The number of aliphatic hydroxyl groups excluding tert-OH is 1. The minimum absolute atomic E-state index is 0.238. The standard InChI is InChI=1S/C12H13ClN2O2/c1-17-11-7-15(6-10(11)16)12-8(5-14)3-2-4-9(12)13/h2-4,10-11,16H,6-7H2,1H3/t10-,11-/m1/s1. The molecule has 1 aromatic carbocycles. The second-order valence-corrected chi connectivity index (χ2v) is 4.40. The Labute approximate surface area is 105 Å². The van der Waals surface area contributed by atoms with Crippen LogP contribution in [-0.4, -0.2) is 37.5 Å². The summed E-state index contributed by atoms with van der Waals surface area (Å²) in [7, 11) is 1.56. The molecule has 2 rings (SSSR count). The molecular formula is C12H13ClN2O2. The highest BCUT2D eigenvalue weighted by Gasteiger charge is 2.33. The average molecular weight is 253 g/mol. The minimum atomic E-state index is -0.553. The Morgan fingerprint density at radius 2 is 2.29 bits per heavy atom. The lowest BCUT2D eigenvalue weighted by Gasteiger charge is -2.20. The van der Waals surface area contributed by atoms with Crippen molar-refractivity contribution in [2.75, 3.05) is 25.1 Å². The van der Waals surface area contributed by atoms with Crippen LogP contribution in [0.15, 0.2) is 18.2 Å². The third-order valence-electron chi connectivity index (χ3n) is 2.96. The van der Waals surface area contributed by atoms with Crippen LogP contribution in [0.5, 0.6) is 0 Å². The number of hydrogen-bond donors (Lipinski definition) is 1. The zero-order chi connectivity index (χ0) is 12.4. The van der Waals surface area contributed by atoms with E-state index in [4.69, 9.17) is 21.6 Å². The SMILES string of the molecule is CO[C@@H]1CN(c2c(Cl)cccc2C#N)C[C@H]1O. The fourth-order valence-electron chi connectivity index (χ4n) is 2.10. The van der Waals surface area contributed by atoms with E-state index in [2.05, 4.69) is 6.07 Å². The van der Waals surface area contributed by atoms with Crippen LogP contribution in [0.3, 0.4) is 0 Å². The first kappa shape index (κ1) is 12.2. The number of ether oxygens (including phenoxy) is 1. The van der Waals surface area contributed by atoms with E-state index in [-0.39, 0.29) is 6.10 Å². The Balaban J connectivity index is 2.33. The predicted molar refractivity (Wildman–Crippen MR) is 65.2 cm³/mol. The molecule has 0 spiro atoms. The van der Waals surface area contributed by atoms with E-state index in [1.807, 2.05) is 4.90 Å². The summed E-state index contributed by atoms with van der Waals surface area (Å²) in [6.45, 7) is 0.965. The number of benzene rings is 1. The van der Waals surface area contributed by atoms with Gasteiger partial charge in [-0.2, -0.15) is 5.26 Å². The summed E-state index contributed by atoms with van der Waals surface area (Å²) < 4.78 is 5.17. The van der Waals surface area contributed by atoms with Crippen LogP contribution < -0.4 is 4.90 Å². The lowest BCUT2D eigenvalue weighted by Crippen LogP contribution is -2.25. The summed E-state index contributed by atoms with van der Waals surface area (Å²) in [5.41, 5.74) is 1.19. The maximum absolute atomic E-state index is 9.78. The van der Waals surface area contributed by atoms with Gasteiger partial charge in [-0.25, -0.2) is 0 Å². The van der Waals surface area contributed by atoms with Crippen LogP contribution in [-0.2, 0) is 4.74 Å². The van der Waals surface area contributed by atoms with Gasteiger partial charge in [0.1, 0.15) is 12.2 Å². The van der Waals surface area contributed by atoms with Crippen molar-refractivity contribution in [3.63, 3.8) is 0 Å². The summed E-state index contributed by atoms with van der Waals surface area (Å²) in [5.74, 6) is 0. The number of hydrogen-bond acceptors (Lipinski definition) is 4. The van der Waals surface area contributed by atoms with E-state index in [0.717, 1.165) is 0 Å². The van der Waals surface area contributed by atoms with Crippen LogP contribution in [0.4, 0.5) is 5.69 Å². The van der Waals surface area contributed by atoms with Crippen LogP contribution in [0.25, 0.3) is 0 Å². The number of methoxy groups -OCH3 is 1. The Kier molecular flexibility index (Phi) is 3.53. The smallest absolute Gasteiger partial charge is 0.102 e. The molecular weight excluding hydrogens is 240 g/mol. The van der Waals surface area contributed by atoms with Gasteiger partial charge in [0.05, 0.1) is 22.4 Å². The molecule has 1 aliphatic rings. The highest BCUT2D eigenvalue weighted by atomic mass is 35.5. The number of anilines is 1. The fourth-order valence-corrected chi connectivity index (χ4v) is 2.39. The second kappa shape index (κ2) is 4.92. The molecule has 0 aromatic heterocycles. The van der Waals surface area contributed by atoms with Gasteiger partial charge in [-0.1, -0.05) is 17.7 Å². The molecule has 5 heteroatoms. The van der Waals surface area contributed by atoms with E-state index in [0.29, 0.717) is 29.4 Å². The van der Waals surface area contributed by atoms with E-state index in [9.17, 15) is 5.11 Å². The van der Waals surface area contributed by atoms with Gasteiger partial charge in [0.25, 0.3) is 0 Å². The van der Waals surface area contributed by atoms with Gasteiger partial charge in [-0.3, -0.25) is 0 Å². The second-order valence-electron chi connectivity index (χ2n) is 3.99. The molecule has 1 N–H and O–H groups in total. The molecule has 0 amide bonds. The first-order chi connectivity index (χ1) is 8.17. The molecule has 1 aromatic rings. The third-order valence-corrected chi connectivity index (χ3v) is 3.27. The third kappa shape index (κ3) is 2.22. The number of nitriles is 1. The van der Waals surface area contributed by atoms with E-state index in [1.54, 1.807) is 25.3 Å². The number of para-hydroxylation sites is 1. The molecule has 1 heterocycles. The van der Waals surface area contributed by atoms with Crippen LogP contribution >= 0.6 is 11.6 Å². The number of nitrogens with zero attached hydrogens (tertiary/aromatic N) is 2. The van der Waals surface area contributed by atoms with Gasteiger partial charge < -0.3 is 14.7 Å². The van der Waals surface area contributed by atoms with Crippen LogP contribution in [0.2, 0.25) is 5.02 Å². The monoisotopic (exact) mass is 252 g/mol. The molecule has 1 aliphatic heterocycles. The van der Waals surface area contributed by atoms with Crippen molar-refractivity contribution >= 4 is 17.3 Å². The summed E-state index contributed by atoms with van der Waals surface area (Å²) in [5, 5.41) is 19.4. The molecule has 1 fully saturated rings. The van der Waals surface area contributed by atoms with Crippen molar-refractivity contribution in [1.82, 2.24) is 0 Å². The van der Waals surface area contributed by atoms with Gasteiger partial charge in [-0.05, 0) is 12.1 Å². The van der Waals surface area contributed by atoms with Crippen molar-refractivity contribution in [1.29, 1.82) is 5.26 Å². The summed E-state index contributed by atoms with van der Waals surface area (Å²) in [6.07, 6.45) is -0.791. The zero-order valence-electron chi connectivity index (χ0n) is 9.43. The summed E-state index contributed by atoms with van der Waals surface area (Å²) >= 11 is 6.11. The number of halogens is 1. The van der Waals surface area contributed by atoms with Crippen molar-refractivity contribution < 1.29 is 9.84 Å². The number of rotatable bonds is 2. The Morgan fingerprint density at radius 3 is 2.88 bits per heavy atom.